The number of aliphatic carboxylic acids is 1. The molecule has 0 spiro atoms. The molecular formula is C23H25NO4. The van der Waals surface area contributed by atoms with E-state index in [2.05, 4.69) is 31.2 Å². The first kappa shape index (κ1) is 18.7. The molecule has 0 aromatic heterocycles. The van der Waals surface area contributed by atoms with Crippen LogP contribution in [0.5, 0.6) is 0 Å². The first-order chi connectivity index (χ1) is 13.5. The average Bonchev–Trinajstić information content (AvgIpc) is 3.11. The Morgan fingerprint density at radius 2 is 1.93 bits per heavy atom. The summed E-state index contributed by atoms with van der Waals surface area (Å²) in [6.07, 6.45) is 1.13. The van der Waals surface area contributed by atoms with Gasteiger partial charge in [-0.2, -0.15) is 0 Å². The van der Waals surface area contributed by atoms with Gasteiger partial charge in [0.05, 0.1) is 12.0 Å². The molecule has 0 bridgehead atoms. The third-order valence-electron chi connectivity index (χ3n) is 6.18. The Balaban J connectivity index is 1.59. The van der Waals surface area contributed by atoms with Gasteiger partial charge in [0.15, 0.2) is 0 Å². The molecule has 2 aromatic rings. The number of hydrogen-bond donors (Lipinski definition) is 1. The predicted molar refractivity (Wildman–Crippen MR) is 105 cm³/mol. The van der Waals surface area contributed by atoms with Crippen LogP contribution in [0.4, 0.5) is 0 Å². The van der Waals surface area contributed by atoms with Crippen LogP contribution >= 0.6 is 0 Å². The second kappa shape index (κ2) is 7.40. The van der Waals surface area contributed by atoms with Crippen molar-refractivity contribution in [2.24, 2.45) is 11.3 Å². The minimum atomic E-state index is -0.875. The summed E-state index contributed by atoms with van der Waals surface area (Å²) in [5.74, 6) is -1.05. The summed E-state index contributed by atoms with van der Waals surface area (Å²) >= 11 is 0. The van der Waals surface area contributed by atoms with Gasteiger partial charge in [-0.25, -0.2) is 0 Å². The highest BCUT2D eigenvalue weighted by molar-refractivity contribution is 5.96. The number of ether oxygens (including phenoxy) is 1. The van der Waals surface area contributed by atoms with Crippen molar-refractivity contribution in [1.29, 1.82) is 0 Å². The molecular weight excluding hydrogens is 354 g/mol. The number of carboxylic acids is 1. The molecule has 146 valence electrons. The number of carbonyl (C=O) groups excluding carboxylic acids is 1. The molecule has 2 aromatic carbocycles. The van der Waals surface area contributed by atoms with Crippen molar-refractivity contribution in [1.82, 2.24) is 4.90 Å². The van der Waals surface area contributed by atoms with E-state index < -0.39 is 11.4 Å². The fraction of sp³-hybridized carbons (Fsp3) is 0.391. The number of amides is 1. The van der Waals surface area contributed by atoms with Gasteiger partial charge in [0.1, 0.15) is 0 Å². The zero-order chi connectivity index (χ0) is 19.7. The minimum Gasteiger partial charge on any atom is -0.481 e. The molecule has 4 rings (SSSR count). The number of rotatable bonds is 4. The SMILES string of the molecule is Cc1ccc(Cc2ccccc2C(=O)N2C[C@@H]3COCC[C@]3(C(=O)O)C2)cc1. The van der Waals surface area contributed by atoms with Crippen LogP contribution in [-0.2, 0) is 16.0 Å². The van der Waals surface area contributed by atoms with Crippen LogP contribution in [0.15, 0.2) is 48.5 Å². The van der Waals surface area contributed by atoms with Gasteiger partial charge >= 0.3 is 5.97 Å². The van der Waals surface area contributed by atoms with Crippen LogP contribution in [0, 0.1) is 18.3 Å². The van der Waals surface area contributed by atoms with Crippen molar-refractivity contribution >= 4 is 11.9 Å². The summed E-state index contributed by atoms with van der Waals surface area (Å²) in [6, 6.07) is 15.9. The van der Waals surface area contributed by atoms with E-state index in [1.165, 1.54) is 5.56 Å². The van der Waals surface area contributed by atoms with Crippen LogP contribution in [-0.4, -0.2) is 48.2 Å². The number of aryl methyl sites for hydroxylation is 1. The van der Waals surface area contributed by atoms with E-state index >= 15 is 0 Å². The molecule has 5 heteroatoms. The molecule has 2 fully saturated rings. The molecule has 2 saturated heterocycles. The number of benzene rings is 2. The molecule has 28 heavy (non-hydrogen) atoms. The Morgan fingerprint density at radius 1 is 1.18 bits per heavy atom. The molecule has 2 heterocycles. The number of carboxylic acid groups (broad SMARTS) is 1. The Labute approximate surface area is 164 Å². The fourth-order valence-electron chi connectivity index (χ4n) is 4.43. The minimum absolute atomic E-state index is 0.0854. The summed E-state index contributed by atoms with van der Waals surface area (Å²) in [6.45, 7) is 3.59. The van der Waals surface area contributed by atoms with E-state index in [0.29, 0.717) is 38.2 Å². The van der Waals surface area contributed by atoms with Crippen LogP contribution in [0.3, 0.4) is 0 Å². The van der Waals surface area contributed by atoms with Crippen LogP contribution in [0.1, 0.15) is 33.5 Å². The molecule has 1 N–H and O–H groups in total. The quantitative estimate of drug-likeness (QED) is 0.886. The third-order valence-corrected chi connectivity index (χ3v) is 6.18. The van der Waals surface area contributed by atoms with Gasteiger partial charge in [-0.1, -0.05) is 48.0 Å². The van der Waals surface area contributed by atoms with Crippen molar-refractivity contribution in [3.05, 3.63) is 70.8 Å². The molecule has 0 unspecified atom stereocenters. The maximum atomic E-state index is 13.3. The van der Waals surface area contributed by atoms with Gasteiger partial charge in [0.2, 0.25) is 0 Å². The zero-order valence-electron chi connectivity index (χ0n) is 16.1. The average molecular weight is 379 g/mol. The second-order valence-electron chi connectivity index (χ2n) is 7.99. The molecule has 2 aliphatic rings. The van der Waals surface area contributed by atoms with Gasteiger partial charge in [-0.15, -0.1) is 0 Å². The Bertz CT molecular complexity index is 892. The zero-order valence-corrected chi connectivity index (χ0v) is 16.1. The van der Waals surface area contributed by atoms with Crippen molar-refractivity contribution in [2.45, 2.75) is 19.8 Å². The van der Waals surface area contributed by atoms with Crippen LogP contribution in [0.2, 0.25) is 0 Å². The van der Waals surface area contributed by atoms with Gasteiger partial charge in [-0.05, 0) is 37.0 Å². The smallest absolute Gasteiger partial charge is 0.311 e. The third kappa shape index (κ3) is 3.31. The molecule has 2 atom stereocenters. The van der Waals surface area contributed by atoms with E-state index in [9.17, 15) is 14.7 Å². The molecule has 5 nitrogen and oxygen atoms in total. The maximum absolute atomic E-state index is 13.3. The predicted octanol–water partition coefficient (Wildman–Crippen LogP) is 3.15. The highest BCUT2D eigenvalue weighted by atomic mass is 16.5. The Kier molecular flexibility index (Phi) is 4.94. The monoisotopic (exact) mass is 379 g/mol. The van der Waals surface area contributed by atoms with Gasteiger partial charge in [0, 0.05) is 31.2 Å². The lowest BCUT2D eigenvalue weighted by Crippen LogP contribution is -2.45. The summed E-state index contributed by atoms with van der Waals surface area (Å²) in [4.78, 5) is 27.0. The molecule has 0 aliphatic carbocycles. The summed E-state index contributed by atoms with van der Waals surface area (Å²) in [5, 5.41) is 9.85. The summed E-state index contributed by atoms with van der Waals surface area (Å²) in [5.41, 5.74) is 3.10. The number of nitrogens with zero attached hydrogens (tertiary/aromatic N) is 1. The van der Waals surface area contributed by atoms with Crippen LogP contribution < -0.4 is 0 Å². The lowest BCUT2D eigenvalue weighted by molar-refractivity contribution is -0.157. The molecule has 0 radical (unpaired) electrons. The highest BCUT2D eigenvalue weighted by Gasteiger charge is 2.55. The van der Waals surface area contributed by atoms with Gasteiger partial charge in [-0.3, -0.25) is 9.59 Å². The van der Waals surface area contributed by atoms with Gasteiger partial charge < -0.3 is 14.7 Å². The van der Waals surface area contributed by atoms with Crippen molar-refractivity contribution < 1.29 is 19.4 Å². The number of likely N-dealkylation sites (tertiary alicyclic amines) is 1. The Morgan fingerprint density at radius 3 is 2.64 bits per heavy atom. The molecule has 1 amide bonds. The second-order valence-corrected chi connectivity index (χ2v) is 7.99. The first-order valence-electron chi connectivity index (χ1n) is 9.73. The summed E-state index contributed by atoms with van der Waals surface area (Å²) < 4.78 is 5.50. The van der Waals surface area contributed by atoms with E-state index in [4.69, 9.17) is 4.74 Å². The van der Waals surface area contributed by atoms with Crippen molar-refractivity contribution in [3.63, 3.8) is 0 Å². The fourth-order valence-corrected chi connectivity index (χ4v) is 4.43. The standard InChI is InChI=1S/C23H25NO4/c1-16-6-8-17(9-7-16)12-18-4-2-3-5-20(18)21(25)24-13-19-14-28-11-10-23(19,15-24)22(26)27/h2-9,19H,10-15H2,1H3,(H,26,27)/t19-,23+/m1/s1. The van der Waals surface area contributed by atoms with Gasteiger partial charge in [0.25, 0.3) is 5.91 Å². The normalized spacial score (nSPS) is 24.0. The van der Waals surface area contributed by atoms with Crippen molar-refractivity contribution in [2.75, 3.05) is 26.3 Å². The molecule has 2 aliphatic heterocycles. The highest BCUT2D eigenvalue weighted by Crippen LogP contribution is 2.43. The lowest BCUT2D eigenvalue weighted by atomic mass is 9.74. The Hall–Kier alpha value is -2.66. The van der Waals surface area contributed by atoms with E-state index in [1.807, 2.05) is 24.3 Å². The van der Waals surface area contributed by atoms with E-state index in [1.54, 1.807) is 4.90 Å². The number of fused-ring (bicyclic) bond motifs is 1. The van der Waals surface area contributed by atoms with Crippen LogP contribution in [0.25, 0.3) is 0 Å². The first-order valence-corrected chi connectivity index (χ1v) is 9.73. The number of carbonyl (C=O) groups is 2. The van der Waals surface area contributed by atoms with E-state index in [-0.39, 0.29) is 18.4 Å². The van der Waals surface area contributed by atoms with E-state index in [0.717, 1.165) is 11.1 Å². The number of hydrogen-bond acceptors (Lipinski definition) is 3. The molecule has 0 saturated carbocycles. The summed E-state index contributed by atoms with van der Waals surface area (Å²) in [7, 11) is 0. The lowest BCUT2D eigenvalue weighted by Gasteiger charge is -2.33. The maximum Gasteiger partial charge on any atom is 0.311 e. The van der Waals surface area contributed by atoms with Crippen molar-refractivity contribution in [3.8, 4) is 0 Å². The topological polar surface area (TPSA) is 66.8 Å². The largest absolute Gasteiger partial charge is 0.481 e.